The average molecular weight is 401 g/mol. The van der Waals surface area contributed by atoms with Gasteiger partial charge in [-0.2, -0.15) is 0 Å². The Morgan fingerprint density at radius 3 is 2.55 bits per heavy atom. The van der Waals surface area contributed by atoms with E-state index in [-0.39, 0.29) is 5.69 Å². The monoisotopic (exact) mass is 399 g/mol. The van der Waals surface area contributed by atoms with Crippen LogP contribution in [0.4, 0.5) is 5.69 Å². The fourth-order valence-electron chi connectivity index (χ4n) is 1.72. The molecule has 0 aromatic heterocycles. The van der Waals surface area contributed by atoms with Gasteiger partial charge in [0.1, 0.15) is 4.47 Å². The minimum absolute atomic E-state index is 0.0496. The summed E-state index contributed by atoms with van der Waals surface area (Å²) in [6.45, 7) is 0.767. The number of ether oxygens (including phenoxy) is 1. The second-order valence-corrected chi connectivity index (χ2v) is 5.84. The summed E-state index contributed by atoms with van der Waals surface area (Å²) in [6.07, 6.45) is 0. The summed E-state index contributed by atoms with van der Waals surface area (Å²) in [5.41, 5.74) is 1.85. The number of rotatable bonds is 5. The zero-order valence-corrected chi connectivity index (χ0v) is 13.6. The van der Waals surface area contributed by atoms with E-state index < -0.39 is 4.92 Å². The van der Waals surface area contributed by atoms with Gasteiger partial charge in [0, 0.05) is 10.5 Å². The minimum Gasteiger partial charge on any atom is -0.372 e. The van der Waals surface area contributed by atoms with Gasteiger partial charge in [0.2, 0.25) is 0 Å². The third-order valence-electron chi connectivity index (χ3n) is 2.67. The van der Waals surface area contributed by atoms with Crippen LogP contribution in [0.25, 0.3) is 0 Å². The van der Waals surface area contributed by atoms with E-state index in [1.807, 2.05) is 24.3 Å². The quantitative estimate of drug-likeness (QED) is 0.533. The molecule has 2 aromatic carbocycles. The summed E-state index contributed by atoms with van der Waals surface area (Å²) in [7, 11) is 0. The smallest absolute Gasteiger partial charge is 0.283 e. The molecule has 0 aliphatic heterocycles. The molecule has 0 saturated carbocycles. The Kier molecular flexibility index (Phi) is 5.28. The second kappa shape index (κ2) is 6.97. The van der Waals surface area contributed by atoms with Crippen molar-refractivity contribution in [1.29, 1.82) is 0 Å². The van der Waals surface area contributed by atoms with Gasteiger partial charge < -0.3 is 4.74 Å². The first-order valence-electron chi connectivity index (χ1n) is 5.82. The van der Waals surface area contributed by atoms with E-state index in [0.717, 1.165) is 15.6 Å². The summed E-state index contributed by atoms with van der Waals surface area (Å²) in [5, 5.41) is 10.8. The lowest BCUT2D eigenvalue weighted by atomic mass is 10.2. The van der Waals surface area contributed by atoms with E-state index in [2.05, 4.69) is 31.9 Å². The Morgan fingerprint density at radius 1 is 1.10 bits per heavy atom. The van der Waals surface area contributed by atoms with Crippen molar-refractivity contribution in [1.82, 2.24) is 0 Å². The van der Waals surface area contributed by atoms with Gasteiger partial charge in [0.25, 0.3) is 5.69 Å². The molecule has 0 saturated heterocycles. The lowest BCUT2D eigenvalue weighted by molar-refractivity contribution is -0.385. The highest BCUT2D eigenvalue weighted by atomic mass is 79.9. The number of hydrogen-bond donors (Lipinski definition) is 0. The lowest BCUT2D eigenvalue weighted by Crippen LogP contribution is -1.97. The normalized spacial score (nSPS) is 10.5. The van der Waals surface area contributed by atoms with Gasteiger partial charge in [-0.1, -0.05) is 40.2 Å². The minimum atomic E-state index is -0.415. The van der Waals surface area contributed by atoms with Gasteiger partial charge in [-0.15, -0.1) is 0 Å². The number of benzene rings is 2. The highest BCUT2D eigenvalue weighted by Crippen LogP contribution is 2.28. The van der Waals surface area contributed by atoms with E-state index in [9.17, 15) is 10.1 Å². The van der Waals surface area contributed by atoms with Crippen LogP contribution in [0.15, 0.2) is 51.4 Å². The number of nitro benzene ring substituents is 1. The molecule has 0 N–H and O–H groups in total. The van der Waals surface area contributed by atoms with Gasteiger partial charge in [-0.25, -0.2) is 0 Å². The molecule has 0 atom stereocenters. The van der Waals surface area contributed by atoms with E-state index >= 15 is 0 Å². The molecule has 104 valence electrons. The standard InChI is InChI=1S/C14H11Br2NO3/c15-12-5-1-3-10(7-12)8-20-9-11-4-2-6-13(14(11)16)17(18)19/h1-7H,8-9H2. The van der Waals surface area contributed by atoms with Crippen molar-refractivity contribution in [2.24, 2.45) is 0 Å². The molecule has 0 radical (unpaired) electrons. The molecular weight excluding hydrogens is 390 g/mol. The first-order valence-corrected chi connectivity index (χ1v) is 7.40. The Labute approximate surface area is 133 Å². The van der Waals surface area contributed by atoms with Crippen LogP contribution in [0.3, 0.4) is 0 Å². The molecule has 2 aromatic rings. The Morgan fingerprint density at radius 2 is 1.85 bits per heavy atom. The zero-order valence-electron chi connectivity index (χ0n) is 10.4. The second-order valence-electron chi connectivity index (χ2n) is 4.13. The van der Waals surface area contributed by atoms with Crippen LogP contribution in [0, 0.1) is 10.1 Å². The third-order valence-corrected chi connectivity index (χ3v) is 4.08. The molecule has 0 amide bonds. The van der Waals surface area contributed by atoms with Gasteiger partial charge in [-0.3, -0.25) is 10.1 Å². The van der Waals surface area contributed by atoms with E-state index in [4.69, 9.17) is 4.74 Å². The van der Waals surface area contributed by atoms with Crippen molar-refractivity contribution in [2.75, 3.05) is 0 Å². The van der Waals surface area contributed by atoms with Gasteiger partial charge >= 0.3 is 0 Å². The topological polar surface area (TPSA) is 52.4 Å². The first-order chi connectivity index (χ1) is 9.58. The zero-order chi connectivity index (χ0) is 14.5. The highest BCUT2D eigenvalue weighted by Gasteiger charge is 2.14. The highest BCUT2D eigenvalue weighted by molar-refractivity contribution is 9.10. The van der Waals surface area contributed by atoms with Crippen LogP contribution in [-0.2, 0) is 18.0 Å². The number of nitro groups is 1. The maximum atomic E-state index is 10.8. The largest absolute Gasteiger partial charge is 0.372 e. The fraction of sp³-hybridized carbons (Fsp3) is 0.143. The predicted octanol–water partition coefficient (Wildman–Crippen LogP) is 4.84. The molecule has 2 rings (SSSR count). The summed E-state index contributed by atoms with van der Waals surface area (Å²) in [4.78, 5) is 10.4. The van der Waals surface area contributed by atoms with Crippen LogP contribution in [0.5, 0.6) is 0 Å². The van der Waals surface area contributed by atoms with Crippen molar-refractivity contribution in [3.05, 3.63) is 72.7 Å². The molecule has 0 heterocycles. The van der Waals surface area contributed by atoms with Crippen molar-refractivity contribution >= 4 is 37.5 Å². The molecule has 4 nitrogen and oxygen atoms in total. The molecule has 6 heteroatoms. The van der Waals surface area contributed by atoms with Crippen LogP contribution in [0.2, 0.25) is 0 Å². The summed E-state index contributed by atoms with van der Waals surface area (Å²) in [5.74, 6) is 0. The molecule has 0 bridgehead atoms. The van der Waals surface area contributed by atoms with Gasteiger partial charge in [-0.05, 0) is 39.2 Å². The maximum absolute atomic E-state index is 10.8. The van der Waals surface area contributed by atoms with Gasteiger partial charge in [0.15, 0.2) is 0 Å². The number of halogens is 2. The Bertz CT molecular complexity index is 632. The van der Waals surface area contributed by atoms with Gasteiger partial charge in [0.05, 0.1) is 18.1 Å². The van der Waals surface area contributed by atoms with Crippen molar-refractivity contribution < 1.29 is 9.66 Å². The maximum Gasteiger partial charge on any atom is 0.283 e. The van der Waals surface area contributed by atoms with Crippen LogP contribution < -0.4 is 0 Å². The molecule has 20 heavy (non-hydrogen) atoms. The molecule has 0 fully saturated rings. The number of nitrogens with zero attached hydrogens (tertiary/aromatic N) is 1. The Hall–Kier alpha value is -1.24. The molecule has 0 aliphatic rings. The molecule has 0 spiro atoms. The SMILES string of the molecule is O=[N+]([O-])c1cccc(COCc2cccc(Br)c2)c1Br. The van der Waals surface area contributed by atoms with Crippen molar-refractivity contribution in [3.63, 3.8) is 0 Å². The van der Waals surface area contributed by atoms with Crippen LogP contribution >= 0.6 is 31.9 Å². The fourth-order valence-corrected chi connectivity index (χ4v) is 2.69. The van der Waals surface area contributed by atoms with E-state index in [0.29, 0.717) is 17.7 Å². The van der Waals surface area contributed by atoms with Crippen LogP contribution in [-0.4, -0.2) is 4.92 Å². The van der Waals surface area contributed by atoms with E-state index in [1.165, 1.54) is 6.07 Å². The molecular formula is C14H11Br2NO3. The lowest BCUT2D eigenvalue weighted by Gasteiger charge is -2.07. The van der Waals surface area contributed by atoms with Crippen molar-refractivity contribution in [3.8, 4) is 0 Å². The van der Waals surface area contributed by atoms with Crippen molar-refractivity contribution in [2.45, 2.75) is 13.2 Å². The third kappa shape index (κ3) is 3.88. The first kappa shape index (κ1) is 15.2. The predicted molar refractivity (Wildman–Crippen MR) is 83.4 cm³/mol. The summed E-state index contributed by atoms with van der Waals surface area (Å²) >= 11 is 6.65. The Balaban J connectivity index is 2.01. The molecule has 0 aliphatic carbocycles. The molecule has 0 unspecified atom stereocenters. The van der Waals surface area contributed by atoms with E-state index in [1.54, 1.807) is 12.1 Å². The summed E-state index contributed by atoms with van der Waals surface area (Å²) < 4.78 is 7.07. The summed E-state index contributed by atoms with van der Waals surface area (Å²) in [6, 6.07) is 12.7. The van der Waals surface area contributed by atoms with Crippen LogP contribution in [0.1, 0.15) is 11.1 Å². The number of hydrogen-bond acceptors (Lipinski definition) is 3. The average Bonchev–Trinajstić information content (AvgIpc) is 2.40.